The van der Waals surface area contributed by atoms with E-state index in [2.05, 4.69) is 25.5 Å². The summed E-state index contributed by atoms with van der Waals surface area (Å²) in [4.78, 5) is 20.9. The second kappa shape index (κ2) is 6.07. The molecule has 0 bridgehead atoms. The van der Waals surface area contributed by atoms with Crippen LogP contribution in [-0.2, 0) is 0 Å². The molecule has 0 spiro atoms. The van der Waals surface area contributed by atoms with Gasteiger partial charge in [0.15, 0.2) is 0 Å². The normalized spacial score (nSPS) is 11.0. The van der Waals surface area contributed by atoms with Gasteiger partial charge in [-0.05, 0) is 38.1 Å². The number of rotatable bonds is 3. The largest absolute Gasteiger partial charge is 0.443 e. The molecule has 0 atom stereocenters. The lowest BCUT2D eigenvalue weighted by atomic mass is 10.1. The standard InChI is InChI=1S/C18H15N5O3/c1-9-10(2)25-18-14(9)15(19-8-20-18)21-16(24)12-4-6-13(7-5-12)17-23-22-11(3)26-17/h4-8H,1-3H3,(H,19,20,21,24). The molecule has 4 aromatic rings. The van der Waals surface area contributed by atoms with Crippen LogP contribution >= 0.6 is 0 Å². The van der Waals surface area contributed by atoms with Crippen molar-refractivity contribution in [3.05, 3.63) is 53.4 Å². The molecule has 0 aliphatic heterocycles. The number of carbonyl (C=O) groups excluding carboxylic acids is 1. The third-order valence-corrected chi connectivity index (χ3v) is 4.12. The van der Waals surface area contributed by atoms with Gasteiger partial charge < -0.3 is 14.2 Å². The summed E-state index contributed by atoms with van der Waals surface area (Å²) in [6, 6.07) is 6.89. The van der Waals surface area contributed by atoms with Gasteiger partial charge in [-0.3, -0.25) is 4.79 Å². The molecule has 3 aromatic heterocycles. The van der Waals surface area contributed by atoms with Crippen molar-refractivity contribution in [3.63, 3.8) is 0 Å². The Balaban J connectivity index is 1.61. The van der Waals surface area contributed by atoms with Gasteiger partial charge in [-0.15, -0.1) is 10.2 Å². The van der Waals surface area contributed by atoms with Gasteiger partial charge in [0.1, 0.15) is 17.9 Å². The number of nitrogens with one attached hydrogen (secondary N) is 1. The molecule has 8 heteroatoms. The number of aryl methyl sites for hydroxylation is 3. The molecule has 0 aliphatic rings. The van der Waals surface area contributed by atoms with E-state index in [-0.39, 0.29) is 5.91 Å². The molecule has 4 rings (SSSR count). The average Bonchev–Trinajstić information content (AvgIpc) is 3.19. The smallest absolute Gasteiger partial charge is 0.256 e. The fourth-order valence-electron chi connectivity index (χ4n) is 2.63. The number of carbonyl (C=O) groups is 1. The van der Waals surface area contributed by atoms with E-state index < -0.39 is 0 Å². The number of amides is 1. The Hall–Kier alpha value is -3.55. The van der Waals surface area contributed by atoms with Crippen molar-refractivity contribution in [1.82, 2.24) is 20.2 Å². The van der Waals surface area contributed by atoms with Gasteiger partial charge in [0.25, 0.3) is 5.91 Å². The number of hydrogen-bond acceptors (Lipinski definition) is 7. The lowest BCUT2D eigenvalue weighted by molar-refractivity contribution is 0.102. The first-order valence-corrected chi connectivity index (χ1v) is 7.95. The molecule has 0 unspecified atom stereocenters. The predicted molar refractivity (Wildman–Crippen MR) is 93.7 cm³/mol. The zero-order valence-electron chi connectivity index (χ0n) is 14.4. The Morgan fingerprint density at radius 2 is 1.77 bits per heavy atom. The van der Waals surface area contributed by atoms with Gasteiger partial charge in [-0.25, -0.2) is 9.97 Å². The van der Waals surface area contributed by atoms with Crippen molar-refractivity contribution in [2.24, 2.45) is 0 Å². The van der Waals surface area contributed by atoms with Crippen LogP contribution in [0.4, 0.5) is 5.82 Å². The first kappa shape index (κ1) is 15.9. The number of furan rings is 1. The molecule has 8 nitrogen and oxygen atoms in total. The highest BCUT2D eigenvalue weighted by Crippen LogP contribution is 2.28. The number of benzene rings is 1. The lowest BCUT2D eigenvalue weighted by Gasteiger charge is -2.06. The maximum absolute atomic E-state index is 12.6. The number of fused-ring (bicyclic) bond motifs is 1. The van der Waals surface area contributed by atoms with Crippen molar-refractivity contribution < 1.29 is 13.6 Å². The molecule has 3 heterocycles. The Morgan fingerprint density at radius 1 is 1.00 bits per heavy atom. The summed E-state index contributed by atoms with van der Waals surface area (Å²) in [7, 11) is 0. The second-order valence-corrected chi connectivity index (χ2v) is 5.84. The first-order chi connectivity index (χ1) is 12.5. The third-order valence-electron chi connectivity index (χ3n) is 4.12. The Bertz CT molecular complexity index is 1110. The zero-order chi connectivity index (χ0) is 18.3. The molecule has 130 valence electrons. The van der Waals surface area contributed by atoms with Gasteiger partial charge in [-0.1, -0.05) is 0 Å². The van der Waals surface area contributed by atoms with Crippen LogP contribution in [0.5, 0.6) is 0 Å². The zero-order valence-corrected chi connectivity index (χ0v) is 14.4. The van der Waals surface area contributed by atoms with Crippen molar-refractivity contribution in [3.8, 4) is 11.5 Å². The van der Waals surface area contributed by atoms with Crippen LogP contribution in [0.25, 0.3) is 22.6 Å². The van der Waals surface area contributed by atoms with E-state index in [1.165, 1.54) is 6.33 Å². The number of anilines is 1. The molecule has 0 fully saturated rings. The van der Waals surface area contributed by atoms with Crippen LogP contribution in [-0.4, -0.2) is 26.1 Å². The molecule has 0 saturated carbocycles. The average molecular weight is 349 g/mol. The minimum absolute atomic E-state index is 0.281. The molecular weight excluding hydrogens is 334 g/mol. The quantitative estimate of drug-likeness (QED) is 0.603. The van der Waals surface area contributed by atoms with Crippen LogP contribution in [0.3, 0.4) is 0 Å². The SMILES string of the molecule is Cc1nnc(-c2ccc(C(=O)Nc3ncnc4oc(C)c(C)c34)cc2)o1. The molecule has 1 N–H and O–H groups in total. The maximum atomic E-state index is 12.6. The molecule has 0 saturated heterocycles. The summed E-state index contributed by atoms with van der Waals surface area (Å²) in [6.07, 6.45) is 1.36. The van der Waals surface area contributed by atoms with Crippen LogP contribution in [0.1, 0.15) is 27.6 Å². The highest BCUT2D eigenvalue weighted by Gasteiger charge is 2.16. The minimum Gasteiger partial charge on any atom is -0.443 e. The van der Waals surface area contributed by atoms with Gasteiger partial charge >= 0.3 is 0 Å². The van der Waals surface area contributed by atoms with Gasteiger partial charge in [0, 0.05) is 23.6 Å². The first-order valence-electron chi connectivity index (χ1n) is 7.95. The minimum atomic E-state index is -0.281. The number of hydrogen-bond donors (Lipinski definition) is 1. The molecule has 26 heavy (non-hydrogen) atoms. The van der Waals surface area contributed by atoms with E-state index in [1.54, 1.807) is 31.2 Å². The Kier molecular flexibility index (Phi) is 3.72. The second-order valence-electron chi connectivity index (χ2n) is 5.84. The van der Waals surface area contributed by atoms with Crippen LogP contribution < -0.4 is 5.32 Å². The summed E-state index contributed by atoms with van der Waals surface area (Å²) in [5, 5.41) is 11.3. The molecule has 1 aromatic carbocycles. The fourth-order valence-corrected chi connectivity index (χ4v) is 2.63. The lowest BCUT2D eigenvalue weighted by Crippen LogP contribution is -2.13. The van der Waals surface area contributed by atoms with Crippen molar-refractivity contribution in [2.75, 3.05) is 5.32 Å². The summed E-state index contributed by atoms with van der Waals surface area (Å²) in [5.41, 5.74) is 2.58. The van der Waals surface area contributed by atoms with Crippen LogP contribution in [0.15, 0.2) is 39.4 Å². The summed E-state index contributed by atoms with van der Waals surface area (Å²) < 4.78 is 10.9. The maximum Gasteiger partial charge on any atom is 0.256 e. The summed E-state index contributed by atoms with van der Waals surface area (Å²) in [5.74, 6) is 1.79. The Labute approximate surface area is 148 Å². The van der Waals surface area contributed by atoms with E-state index in [9.17, 15) is 4.79 Å². The summed E-state index contributed by atoms with van der Waals surface area (Å²) >= 11 is 0. The van der Waals surface area contributed by atoms with Gasteiger partial charge in [-0.2, -0.15) is 0 Å². The highest BCUT2D eigenvalue weighted by atomic mass is 16.4. The predicted octanol–water partition coefficient (Wildman–Crippen LogP) is 3.45. The highest BCUT2D eigenvalue weighted by molar-refractivity contribution is 6.07. The van der Waals surface area contributed by atoms with Crippen LogP contribution in [0, 0.1) is 20.8 Å². The van der Waals surface area contributed by atoms with E-state index in [4.69, 9.17) is 8.83 Å². The van der Waals surface area contributed by atoms with E-state index in [0.29, 0.717) is 34.3 Å². The molecular formula is C18H15N5O3. The summed E-state index contributed by atoms with van der Waals surface area (Å²) in [6.45, 7) is 5.47. The molecule has 1 amide bonds. The van der Waals surface area contributed by atoms with Crippen molar-refractivity contribution >= 4 is 22.8 Å². The van der Waals surface area contributed by atoms with Gasteiger partial charge in [0.05, 0.1) is 5.39 Å². The van der Waals surface area contributed by atoms with E-state index in [0.717, 1.165) is 16.9 Å². The molecule has 0 aliphatic carbocycles. The number of aromatic nitrogens is 4. The monoisotopic (exact) mass is 349 g/mol. The number of nitrogens with zero attached hydrogens (tertiary/aromatic N) is 4. The fraction of sp³-hybridized carbons (Fsp3) is 0.167. The third kappa shape index (κ3) is 2.71. The Morgan fingerprint density at radius 3 is 2.46 bits per heavy atom. The van der Waals surface area contributed by atoms with Crippen molar-refractivity contribution in [1.29, 1.82) is 0 Å². The topological polar surface area (TPSA) is 107 Å². The van der Waals surface area contributed by atoms with Gasteiger partial charge in [0.2, 0.25) is 17.5 Å². The van der Waals surface area contributed by atoms with Crippen LogP contribution in [0.2, 0.25) is 0 Å². The van der Waals surface area contributed by atoms with Crippen molar-refractivity contribution in [2.45, 2.75) is 20.8 Å². The van der Waals surface area contributed by atoms with E-state index in [1.807, 2.05) is 13.8 Å². The molecule has 0 radical (unpaired) electrons. The van der Waals surface area contributed by atoms with E-state index >= 15 is 0 Å².